The highest BCUT2D eigenvalue weighted by molar-refractivity contribution is 5.58. The highest BCUT2D eigenvalue weighted by atomic mass is 16.1. The molecule has 12 heavy (non-hydrogen) atoms. The molecule has 2 unspecified atom stereocenters. The van der Waals surface area contributed by atoms with Gasteiger partial charge in [0.1, 0.15) is 18.9 Å². The molecule has 3 nitrogen and oxygen atoms in total. The molecule has 0 aliphatic rings. The zero-order valence-electron chi connectivity index (χ0n) is 7.23. The van der Waals surface area contributed by atoms with Crippen LogP contribution in [0.15, 0.2) is 0 Å². The first-order valence-corrected chi connectivity index (χ1v) is 4.08. The van der Waals surface area contributed by atoms with Crippen molar-refractivity contribution in [1.82, 2.24) is 0 Å². The molecule has 0 aliphatic carbocycles. The van der Waals surface area contributed by atoms with E-state index in [2.05, 4.69) is 0 Å². The van der Waals surface area contributed by atoms with Crippen molar-refractivity contribution in [3.05, 3.63) is 0 Å². The lowest BCUT2D eigenvalue weighted by Gasteiger charge is -2.09. The molecule has 68 valence electrons. The number of aldehydes is 3. The molecular weight excluding hydrogens is 156 g/mol. The minimum Gasteiger partial charge on any atom is -0.303 e. The van der Waals surface area contributed by atoms with E-state index >= 15 is 0 Å². The van der Waals surface area contributed by atoms with Crippen molar-refractivity contribution in [2.75, 3.05) is 0 Å². The van der Waals surface area contributed by atoms with Crippen LogP contribution in [0.1, 0.15) is 26.2 Å². The van der Waals surface area contributed by atoms with Crippen LogP contribution in [0.25, 0.3) is 0 Å². The molecular formula is C9H14O3. The first-order valence-electron chi connectivity index (χ1n) is 4.08. The predicted octanol–water partition coefficient (Wildman–Crippen LogP) is 1.01. The molecule has 0 aromatic carbocycles. The maximum absolute atomic E-state index is 10.4. The lowest BCUT2D eigenvalue weighted by molar-refractivity contribution is -0.113. The van der Waals surface area contributed by atoms with Crippen LogP contribution in [-0.4, -0.2) is 18.9 Å². The van der Waals surface area contributed by atoms with Crippen molar-refractivity contribution in [1.29, 1.82) is 0 Å². The van der Waals surface area contributed by atoms with Gasteiger partial charge in [-0.05, 0) is 12.8 Å². The lowest BCUT2D eigenvalue weighted by Crippen LogP contribution is -2.09. The van der Waals surface area contributed by atoms with Crippen molar-refractivity contribution in [2.45, 2.75) is 26.2 Å². The summed E-state index contributed by atoms with van der Waals surface area (Å²) in [5.74, 6) is -0.234. The molecule has 0 aliphatic heterocycles. The summed E-state index contributed by atoms with van der Waals surface area (Å²) in [6.07, 6.45) is 3.96. The number of hydrogen-bond donors (Lipinski definition) is 0. The van der Waals surface area contributed by atoms with Crippen LogP contribution in [0.4, 0.5) is 0 Å². The molecule has 3 heteroatoms. The van der Waals surface area contributed by atoms with Crippen molar-refractivity contribution >= 4 is 18.9 Å². The summed E-state index contributed by atoms with van der Waals surface area (Å²) < 4.78 is 0. The molecule has 0 N–H and O–H groups in total. The van der Waals surface area contributed by atoms with Gasteiger partial charge in [-0.25, -0.2) is 0 Å². The quantitative estimate of drug-likeness (QED) is 0.536. The number of carbonyl (C=O) groups excluding carboxylic acids is 3. The fraction of sp³-hybridized carbons (Fsp3) is 0.667. The topological polar surface area (TPSA) is 51.2 Å². The second kappa shape index (κ2) is 6.70. The number of carbonyl (C=O) groups is 3. The van der Waals surface area contributed by atoms with Crippen molar-refractivity contribution < 1.29 is 14.4 Å². The number of rotatable bonds is 7. The van der Waals surface area contributed by atoms with Gasteiger partial charge in [-0.1, -0.05) is 6.92 Å². The minimum absolute atomic E-state index is 0.0909. The van der Waals surface area contributed by atoms with Crippen molar-refractivity contribution in [3.8, 4) is 0 Å². The van der Waals surface area contributed by atoms with Crippen LogP contribution in [0, 0.1) is 11.8 Å². The van der Waals surface area contributed by atoms with Gasteiger partial charge in [-0.2, -0.15) is 0 Å². The third-order valence-electron chi connectivity index (χ3n) is 1.75. The Labute approximate surface area is 72.1 Å². The molecule has 0 spiro atoms. The van der Waals surface area contributed by atoms with Gasteiger partial charge in [0.2, 0.25) is 0 Å². The molecule has 0 amide bonds. The smallest absolute Gasteiger partial charge is 0.123 e. The molecule has 0 bridgehead atoms. The Hall–Kier alpha value is -0.990. The van der Waals surface area contributed by atoms with E-state index in [1.165, 1.54) is 0 Å². The minimum atomic E-state index is -0.143. The molecule has 0 saturated heterocycles. The maximum Gasteiger partial charge on any atom is 0.123 e. The Morgan fingerprint density at radius 2 is 1.83 bits per heavy atom. The van der Waals surface area contributed by atoms with Crippen LogP contribution < -0.4 is 0 Å². The molecule has 0 fully saturated rings. The van der Waals surface area contributed by atoms with Crippen molar-refractivity contribution in [3.63, 3.8) is 0 Å². The van der Waals surface area contributed by atoms with E-state index in [-0.39, 0.29) is 11.8 Å². The van der Waals surface area contributed by atoms with Gasteiger partial charge in [-0.3, -0.25) is 0 Å². The largest absolute Gasteiger partial charge is 0.303 e. The van der Waals surface area contributed by atoms with Crippen molar-refractivity contribution in [2.24, 2.45) is 11.8 Å². The van der Waals surface area contributed by atoms with E-state index in [1.54, 1.807) is 6.92 Å². The van der Waals surface area contributed by atoms with Crippen LogP contribution in [0.3, 0.4) is 0 Å². The van der Waals surface area contributed by atoms with E-state index in [9.17, 15) is 14.4 Å². The zero-order chi connectivity index (χ0) is 9.40. The average Bonchev–Trinajstić information content (AvgIpc) is 2.11. The van der Waals surface area contributed by atoms with Gasteiger partial charge in [0, 0.05) is 18.3 Å². The third kappa shape index (κ3) is 4.77. The Balaban J connectivity index is 3.73. The monoisotopic (exact) mass is 170 g/mol. The summed E-state index contributed by atoms with van der Waals surface area (Å²) in [7, 11) is 0. The van der Waals surface area contributed by atoms with Crippen LogP contribution in [0.2, 0.25) is 0 Å². The first kappa shape index (κ1) is 11.0. The average molecular weight is 170 g/mol. The van der Waals surface area contributed by atoms with Gasteiger partial charge >= 0.3 is 0 Å². The summed E-state index contributed by atoms with van der Waals surface area (Å²) in [6.45, 7) is 1.77. The number of hydrogen-bond acceptors (Lipinski definition) is 3. The molecule has 0 rings (SSSR count). The Kier molecular flexibility index (Phi) is 6.15. The summed E-state index contributed by atoms with van der Waals surface area (Å²) >= 11 is 0. The van der Waals surface area contributed by atoms with Crippen LogP contribution >= 0.6 is 0 Å². The molecule has 0 radical (unpaired) electrons. The second-order valence-corrected chi connectivity index (χ2v) is 2.99. The normalized spacial score (nSPS) is 14.8. The predicted molar refractivity (Wildman–Crippen MR) is 44.7 cm³/mol. The molecule has 0 heterocycles. The molecule has 0 aromatic rings. The van der Waals surface area contributed by atoms with E-state index in [0.717, 1.165) is 18.9 Å². The van der Waals surface area contributed by atoms with Gasteiger partial charge in [0.25, 0.3) is 0 Å². The Morgan fingerprint density at radius 3 is 2.25 bits per heavy atom. The van der Waals surface area contributed by atoms with Crippen LogP contribution in [-0.2, 0) is 14.4 Å². The van der Waals surface area contributed by atoms with Gasteiger partial charge in [-0.15, -0.1) is 0 Å². The standard InChI is InChI=1S/C9H14O3/c1-8(6-11)5-9(7-12)3-2-4-10/h4,6-9H,2-3,5H2,1H3. The van der Waals surface area contributed by atoms with Gasteiger partial charge < -0.3 is 14.4 Å². The summed E-state index contributed by atoms with van der Waals surface area (Å²) in [5.41, 5.74) is 0. The SMILES string of the molecule is CC(C=O)CC(C=O)CCC=O. The van der Waals surface area contributed by atoms with E-state index < -0.39 is 0 Å². The fourth-order valence-electron chi connectivity index (χ4n) is 1.06. The van der Waals surface area contributed by atoms with E-state index in [1.807, 2.05) is 0 Å². The van der Waals surface area contributed by atoms with Crippen LogP contribution in [0.5, 0.6) is 0 Å². The summed E-state index contributed by atoms with van der Waals surface area (Å²) in [6, 6.07) is 0. The van der Waals surface area contributed by atoms with E-state index in [0.29, 0.717) is 19.3 Å². The molecule has 0 aromatic heterocycles. The lowest BCUT2D eigenvalue weighted by atomic mass is 9.94. The third-order valence-corrected chi connectivity index (χ3v) is 1.75. The first-order chi connectivity index (χ1) is 5.74. The Bertz CT molecular complexity index is 154. The Morgan fingerprint density at radius 1 is 1.17 bits per heavy atom. The van der Waals surface area contributed by atoms with E-state index in [4.69, 9.17) is 0 Å². The highest BCUT2D eigenvalue weighted by Crippen LogP contribution is 2.13. The van der Waals surface area contributed by atoms with Gasteiger partial charge in [0.15, 0.2) is 0 Å². The summed E-state index contributed by atoms with van der Waals surface area (Å²) in [5, 5.41) is 0. The highest BCUT2D eigenvalue weighted by Gasteiger charge is 2.10. The second-order valence-electron chi connectivity index (χ2n) is 2.99. The zero-order valence-corrected chi connectivity index (χ0v) is 7.23. The summed E-state index contributed by atoms with van der Waals surface area (Å²) in [4.78, 5) is 30.7. The fourth-order valence-corrected chi connectivity index (χ4v) is 1.06. The van der Waals surface area contributed by atoms with Gasteiger partial charge in [0.05, 0.1) is 0 Å². The molecule has 0 saturated carbocycles. The maximum atomic E-state index is 10.4. The molecule has 2 atom stereocenters.